The number of rotatable bonds is 6. The lowest BCUT2D eigenvalue weighted by molar-refractivity contribution is 0.0957. The van der Waals surface area contributed by atoms with E-state index in [0.29, 0.717) is 29.9 Å². The predicted octanol–water partition coefficient (Wildman–Crippen LogP) is 2.71. The van der Waals surface area contributed by atoms with Gasteiger partial charge >= 0.3 is 0 Å². The SMILES string of the molecule is CC[C@@H]1CN(C)CC[C@H]1Nc1ncc(C(=O)NC)nc1Cc1ccc(F)cc1. The van der Waals surface area contributed by atoms with Crippen molar-refractivity contribution >= 4 is 11.7 Å². The van der Waals surface area contributed by atoms with Crippen LogP contribution < -0.4 is 10.6 Å². The molecule has 1 fully saturated rings. The molecule has 6 nitrogen and oxygen atoms in total. The molecule has 2 atom stereocenters. The molecule has 1 aromatic carbocycles. The molecule has 0 aliphatic carbocycles. The maximum absolute atomic E-state index is 13.2. The summed E-state index contributed by atoms with van der Waals surface area (Å²) in [6, 6.07) is 6.65. The van der Waals surface area contributed by atoms with Crippen molar-refractivity contribution in [1.29, 1.82) is 0 Å². The first-order valence-electron chi connectivity index (χ1n) is 9.77. The molecule has 1 amide bonds. The van der Waals surface area contributed by atoms with Gasteiger partial charge in [0.1, 0.15) is 17.3 Å². The summed E-state index contributed by atoms with van der Waals surface area (Å²) in [5.41, 5.74) is 1.89. The monoisotopic (exact) mass is 385 g/mol. The largest absolute Gasteiger partial charge is 0.365 e. The van der Waals surface area contributed by atoms with Crippen LogP contribution in [0.1, 0.15) is 41.5 Å². The number of aromatic nitrogens is 2. The molecule has 2 N–H and O–H groups in total. The highest BCUT2D eigenvalue weighted by atomic mass is 19.1. The number of anilines is 1. The molecule has 0 bridgehead atoms. The molecular weight excluding hydrogens is 357 g/mol. The van der Waals surface area contributed by atoms with E-state index in [1.54, 1.807) is 19.2 Å². The Bertz CT molecular complexity index is 811. The van der Waals surface area contributed by atoms with Crippen molar-refractivity contribution in [3.8, 4) is 0 Å². The summed E-state index contributed by atoms with van der Waals surface area (Å²) in [6.45, 7) is 4.29. The van der Waals surface area contributed by atoms with Crippen LogP contribution in [0.2, 0.25) is 0 Å². The zero-order valence-corrected chi connectivity index (χ0v) is 16.7. The van der Waals surface area contributed by atoms with Crippen molar-refractivity contribution in [3.05, 3.63) is 53.2 Å². The molecule has 28 heavy (non-hydrogen) atoms. The molecule has 0 unspecified atom stereocenters. The fourth-order valence-corrected chi connectivity index (χ4v) is 3.70. The highest BCUT2D eigenvalue weighted by Gasteiger charge is 2.27. The topological polar surface area (TPSA) is 70.2 Å². The Morgan fingerprint density at radius 3 is 2.75 bits per heavy atom. The number of likely N-dealkylation sites (tertiary alicyclic amines) is 1. The molecule has 150 valence electrons. The van der Waals surface area contributed by atoms with E-state index >= 15 is 0 Å². The van der Waals surface area contributed by atoms with Crippen LogP contribution in [0.4, 0.5) is 10.2 Å². The number of nitrogens with zero attached hydrogens (tertiary/aromatic N) is 3. The fourth-order valence-electron chi connectivity index (χ4n) is 3.70. The summed E-state index contributed by atoms with van der Waals surface area (Å²) in [5.74, 6) is 0.678. The highest BCUT2D eigenvalue weighted by Crippen LogP contribution is 2.25. The van der Waals surface area contributed by atoms with E-state index in [9.17, 15) is 9.18 Å². The van der Waals surface area contributed by atoms with Crippen molar-refractivity contribution in [3.63, 3.8) is 0 Å². The molecule has 3 rings (SSSR count). The van der Waals surface area contributed by atoms with Gasteiger partial charge < -0.3 is 15.5 Å². The van der Waals surface area contributed by atoms with Crippen LogP contribution in [-0.4, -0.2) is 54.0 Å². The third kappa shape index (κ3) is 4.84. The molecule has 1 aliphatic heterocycles. The highest BCUT2D eigenvalue weighted by molar-refractivity contribution is 5.91. The third-order valence-corrected chi connectivity index (χ3v) is 5.37. The van der Waals surface area contributed by atoms with E-state index in [-0.39, 0.29) is 17.4 Å². The molecule has 2 heterocycles. The van der Waals surface area contributed by atoms with Crippen LogP contribution in [-0.2, 0) is 6.42 Å². The number of benzene rings is 1. The number of hydrogen-bond acceptors (Lipinski definition) is 5. The molecule has 1 aromatic heterocycles. The van der Waals surface area contributed by atoms with Crippen LogP contribution in [0, 0.1) is 11.7 Å². The van der Waals surface area contributed by atoms with Gasteiger partial charge in [0, 0.05) is 26.1 Å². The zero-order valence-electron chi connectivity index (χ0n) is 16.7. The van der Waals surface area contributed by atoms with Crippen molar-refractivity contribution in [1.82, 2.24) is 20.2 Å². The second kappa shape index (κ2) is 9.10. The standard InChI is InChI=1S/C21H28FN5O/c1-4-15-13-27(3)10-9-17(15)26-20-18(11-14-5-7-16(22)8-6-14)25-19(12-24-20)21(28)23-2/h5-8,12,15,17H,4,9-11,13H2,1-3H3,(H,23,28)(H,24,26)/t15-,17-/m1/s1. The normalized spacial score (nSPS) is 20.0. The number of carbonyl (C=O) groups excluding carboxylic acids is 1. The summed E-state index contributed by atoms with van der Waals surface area (Å²) < 4.78 is 13.2. The second-order valence-corrected chi connectivity index (χ2v) is 7.40. The average Bonchev–Trinajstić information content (AvgIpc) is 2.71. The van der Waals surface area contributed by atoms with Gasteiger partial charge in [0.25, 0.3) is 5.91 Å². The Morgan fingerprint density at radius 1 is 1.32 bits per heavy atom. The number of carbonyl (C=O) groups is 1. The van der Waals surface area contributed by atoms with Gasteiger partial charge in [0.15, 0.2) is 0 Å². The molecule has 7 heteroatoms. The molecule has 1 aliphatic rings. The summed E-state index contributed by atoms with van der Waals surface area (Å²) >= 11 is 0. The van der Waals surface area contributed by atoms with Crippen molar-refractivity contribution in [2.45, 2.75) is 32.2 Å². The smallest absolute Gasteiger partial charge is 0.271 e. The first-order chi connectivity index (χ1) is 13.5. The quantitative estimate of drug-likeness (QED) is 0.800. The summed E-state index contributed by atoms with van der Waals surface area (Å²) in [6.07, 6.45) is 4.10. The summed E-state index contributed by atoms with van der Waals surface area (Å²) in [7, 11) is 3.72. The van der Waals surface area contributed by atoms with Gasteiger partial charge in [-0.1, -0.05) is 25.5 Å². The molecule has 2 aromatic rings. The summed E-state index contributed by atoms with van der Waals surface area (Å²) in [5, 5.41) is 6.17. The second-order valence-electron chi connectivity index (χ2n) is 7.40. The Labute approximate surface area is 165 Å². The predicted molar refractivity (Wildman–Crippen MR) is 108 cm³/mol. The van der Waals surface area contributed by atoms with Crippen LogP contribution in [0.15, 0.2) is 30.5 Å². The average molecular weight is 385 g/mol. The number of nitrogens with one attached hydrogen (secondary N) is 2. The molecular formula is C21H28FN5O. The first kappa shape index (κ1) is 20.2. The van der Waals surface area contributed by atoms with Gasteiger partial charge in [-0.2, -0.15) is 0 Å². The number of amides is 1. The van der Waals surface area contributed by atoms with E-state index in [0.717, 1.165) is 31.5 Å². The lowest BCUT2D eigenvalue weighted by Crippen LogP contribution is -2.44. The van der Waals surface area contributed by atoms with Gasteiger partial charge in [-0.05, 0) is 43.6 Å². The van der Waals surface area contributed by atoms with Crippen LogP contribution >= 0.6 is 0 Å². The molecule has 0 saturated carbocycles. The fraction of sp³-hybridized carbons (Fsp3) is 0.476. The van der Waals surface area contributed by atoms with Gasteiger partial charge in [0.2, 0.25) is 0 Å². The van der Waals surface area contributed by atoms with E-state index in [1.807, 2.05) is 0 Å². The Balaban J connectivity index is 1.88. The minimum Gasteiger partial charge on any atom is -0.365 e. The van der Waals surface area contributed by atoms with E-state index < -0.39 is 0 Å². The van der Waals surface area contributed by atoms with Gasteiger partial charge in [-0.3, -0.25) is 4.79 Å². The summed E-state index contributed by atoms with van der Waals surface area (Å²) in [4.78, 5) is 23.4. The maximum Gasteiger partial charge on any atom is 0.271 e. The zero-order chi connectivity index (χ0) is 20.1. The van der Waals surface area contributed by atoms with Crippen molar-refractivity contribution in [2.75, 3.05) is 32.5 Å². The van der Waals surface area contributed by atoms with E-state index in [2.05, 4.69) is 39.5 Å². The van der Waals surface area contributed by atoms with Crippen molar-refractivity contribution in [2.24, 2.45) is 5.92 Å². The lowest BCUT2D eigenvalue weighted by Gasteiger charge is -2.37. The van der Waals surface area contributed by atoms with E-state index in [1.165, 1.54) is 18.3 Å². The lowest BCUT2D eigenvalue weighted by atomic mass is 9.90. The van der Waals surface area contributed by atoms with Crippen LogP contribution in [0.5, 0.6) is 0 Å². The first-order valence-corrected chi connectivity index (χ1v) is 9.77. The molecule has 0 radical (unpaired) electrons. The van der Waals surface area contributed by atoms with Crippen LogP contribution in [0.25, 0.3) is 0 Å². The van der Waals surface area contributed by atoms with Gasteiger partial charge in [0.05, 0.1) is 11.9 Å². The Morgan fingerprint density at radius 2 is 2.07 bits per heavy atom. The number of halogens is 1. The number of piperidine rings is 1. The van der Waals surface area contributed by atoms with Gasteiger partial charge in [-0.25, -0.2) is 14.4 Å². The van der Waals surface area contributed by atoms with Crippen molar-refractivity contribution < 1.29 is 9.18 Å². The minimum atomic E-state index is -0.274. The number of hydrogen-bond donors (Lipinski definition) is 2. The van der Waals surface area contributed by atoms with E-state index in [4.69, 9.17) is 0 Å². The maximum atomic E-state index is 13.2. The Hall–Kier alpha value is -2.54. The third-order valence-electron chi connectivity index (χ3n) is 5.37. The molecule has 1 saturated heterocycles. The van der Waals surface area contributed by atoms with Gasteiger partial charge in [-0.15, -0.1) is 0 Å². The van der Waals surface area contributed by atoms with Crippen LogP contribution in [0.3, 0.4) is 0 Å². The minimum absolute atomic E-state index is 0.273. The Kier molecular flexibility index (Phi) is 6.57. The molecule has 0 spiro atoms.